The average Bonchev–Trinajstić information content (AvgIpc) is 3.23. The number of fused-ring (bicyclic) bond motifs is 1. The van der Waals surface area contributed by atoms with Gasteiger partial charge in [0.2, 0.25) is 0 Å². The number of terminal acetylenes is 1. The molecule has 1 atom stereocenters. The molecular weight excluding hydrogens is 336 g/mol. The summed E-state index contributed by atoms with van der Waals surface area (Å²) in [6.07, 6.45) is 9.10. The molecule has 1 aliphatic rings. The summed E-state index contributed by atoms with van der Waals surface area (Å²) in [6.45, 7) is 6.30. The van der Waals surface area contributed by atoms with Gasteiger partial charge in [-0.3, -0.25) is 5.32 Å². The van der Waals surface area contributed by atoms with Crippen LogP contribution in [0.25, 0.3) is 0 Å². The van der Waals surface area contributed by atoms with E-state index in [2.05, 4.69) is 29.4 Å². The molecule has 1 N–H and O–H groups in total. The second kappa shape index (κ2) is 7.21. The lowest BCUT2D eigenvalue weighted by Gasteiger charge is -2.30. The van der Waals surface area contributed by atoms with E-state index in [9.17, 15) is 10.1 Å². The summed E-state index contributed by atoms with van der Waals surface area (Å²) in [7, 11) is 0. The van der Waals surface area contributed by atoms with Crippen molar-refractivity contribution in [3.05, 3.63) is 53.2 Å². The average molecular weight is 360 g/mol. The number of rotatable bonds is 3. The Labute approximate surface area is 160 Å². The number of hydrogen-bond acceptors (Lipinski definition) is 2. The van der Waals surface area contributed by atoms with Crippen molar-refractivity contribution in [2.24, 2.45) is 0 Å². The topological polar surface area (TPSA) is 61.1 Å². The van der Waals surface area contributed by atoms with Crippen LogP contribution in [0, 0.1) is 23.7 Å². The third-order valence-electron chi connectivity index (χ3n) is 4.91. The first-order chi connectivity index (χ1) is 12.8. The lowest BCUT2D eigenvalue weighted by atomic mass is 10.1. The van der Waals surface area contributed by atoms with Crippen LogP contribution in [-0.2, 0) is 12.0 Å². The van der Waals surface area contributed by atoms with Gasteiger partial charge in [0.05, 0.1) is 18.2 Å². The van der Waals surface area contributed by atoms with Crippen molar-refractivity contribution in [1.29, 1.82) is 5.26 Å². The van der Waals surface area contributed by atoms with Crippen LogP contribution in [0.5, 0.6) is 0 Å². The Morgan fingerprint density at radius 1 is 1.41 bits per heavy atom. The Bertz CT molecular complexity index is 936. The molecule has 0 spiro atoms. The molecule has 2 amide bonds. The maximum absolute atomic E-state index is 13.1. The van der Waals surface area contributed by atoms with Gasteiger partial charge in [-0.05, 0) is 50.8 Å². The number of carbonyl (C=O) groups is 1. The van der Waals surface area contributed by atoms with E-state index < -0.39 is 0 Å². The van der Waals surface area contributed by atoms with Crippen LogP contribution in [-0.4, -0.2) is 22.0 Å². The Morgan fingerprint density at radius 2 is 2.15 bits per heavy atom. The molecule has 5 nitrogen and oxygen atoms in total. The number of nitriles is 1. The molecule has 5 heteroatoms. The number of amides is 2. The maximum atomic E-state index is 13.1. The van der Waals surface area contributed by atoms with Gasteiger partial charge in [-0.25, -0.2) is 4.79 Å². The predicted molar refractivity (Wildman–Crippen MR) is 106 cm³/mol. The summed E-state index contributed by atoms with van der Waals surface area (Å²) >= 11 is 0. The van der Waals surface area contributed by atoms with E-state index >= 15 is 0 Å². The van der Waals surface area contributed by atoms with Crippen molar-refractivity contribution >= 4 is 11.8 Å². The number of aromatic nitrogens is 1. The maximum Gasteiger partial charge on any atom is 0.324 e. The number of carbonyl (C=O) groups excluding carboxylic acids is 1. The number of nitrogens with one attached hydrogen (secondary N) is 1. The highest BCUT2D eigenvalue weighted by Gasteiger charge is 2.31. The van der Waals surface area contributed by atoms with Gasteiger partial charge in [0.1, 0.15) is 11.9 Å². The Morgan fingerprint density at radius 3 is 2.81 bits per heavy atom. The molecule has 1 heterocycles. The van der Waals surface area contributed by atoms with E-state index in [4.69, 9.17) is 6.42 Å². The van der Waals surface area contributed by atoms with Crippen molar-refractivity contribution in [3.8, 4) is 18.4 Å². The van der Waals surface area contributed by atoms with Crippen LogP contribution in [0.1, 0.15) is 49.9 Å². The summed E-state index contributed by atoms with van der Waals surface area (Å²) in [5, 5.41) is 12.2. The number of anilines is 1. The van der Waals surface area contributed by atoms with E-state index in [0.717, 1.165) is 18.4 Å². The summed E-state index contributed by atoms with van der Waals surface area (Å²) in [6, 6.07) is 11.7. The molecule has 0 bridgehead atoms. The molecule has 138 valence electrons. The number of nitrogens with zero attached hydrogens (tertiary/aromatic N) is 3. The molecule has 1 unspecified atom stereocenters. The van der Waals surface area contributed by atoms with Gasteiger partial charge in [-0.15, -0.1) is 6.42 Å². The number of hydrogen-bond donors (Lipinski definition) is 1. The van der Waals surface area contributed by atoms with Crippen molar-refractivity contribution in [2.45, 2.75) is 45.2 Å². The van der Waals surface area contributed by atoms with Gasteiger partial charge in [0.25, 0.3) is 0 Å². The summed E-state index contributed by atoms with van der Waals surface area (Å²) in [4.78, 5) is 14.8. The number of urea groups is 1. The lowest BCUT2D eigenvalue weighted by Crippen LogP contribution is -2.38. The van der Waals surface area contributed by atoms with Crippen molar-refractivity contribution in [1.82, 2.24) is 9.47 Å². The van der Waals surface area contributed by atoms with E-state index in [0.29, 0.717) is 11.4 Å². The van der Waals surface area contributed by atoms with Crippen LogP contribution in [0.2, 0.25) is 0 Å². The first kappa shape index (κ1) is 18.6. The lowest BCUT2D eigenvalue weighted by molar-refractivity contribution is 0.196. The second-order valence-corrected chi connectivity index (χ2v) is 7.78. The first-order valence-corrected chi connectivity index (χ1v) is 9.07. The molecule has 2 aromatic rings. The van der Waals surface area contributed by atoms with Crippen LogP contribution in [0.15, 0.2) is 36.5 Å². The summed E-state index contributed by atoms with van der Waals surface area (Å²) < 4.78 is 1.90. The molecule has 0 radical (unpaired) electrons. The van der Waals surface area contributed by atoms with Gasteiger partial charge >= 0.3 is 6.03 Å². The molecule has 1 aliphatic carbocycles. The SMILES string of the molecule is C#CCN(C(=O)Nc1cc(C#N)cn1C(C)(C)C)C1CCc2ccccc21. The fourth-order valence-corrected chi connectivity index (χ4v) is 3.64. The highest BCUT2D eigenvalue weighted by Crippen LogP contribution is 2.36. The van der Waals surface area contributed by atoms with Gasteiger partial charge in [0.15, 0.2) is 0 Å². The minimum Gasteiger partial charge on any atom is -0.328 e. The molecule has 1 aromatic heterocycles. The number of benzene rings is 1. The van der Waals surface area contributed by atoms with E-state index in [1.807, 2.05) is 37.5 Å². The highest BCUT2D eigenvalue weighted by molar-refractivity contribution is 5.89. The van der Waals surface area contributed by atoms with Gasteiger partial charge in [-0.1, -0.05) is 30.2 Å². The molecule has 1 aromatic carbocycles. The molecule has 0 saturated heterocycles. The van der Waals surface area contributed by atoms with Crippen molar-refractivity contribution < 1.29 is 4.79 Å². The van der Waals surface area contributed by atoms with E-state index in [1.54, 1.807) is 17.2 Å². The third kappa shape index (κ3) is 3.68. The fraction of sp³-hybridized carbons (Fsp3) is 0.364. The minimum atomic E-state index is -0.269. The summed E-state index contributed by atoms with van der Waals surface area (Å²) in [5.41, 5.74) is 2.66. The van der Waals surface area contributed by atoms with E-state index in [-0.39, 0.29) is 24.2 Å². The third-order valence-corrected chi connectivity index (χ3v) is 4.91. The zero-order chi connectivity index (χ0) is 19.6. The Hall–Kier alpha value is -3.18. The number of aryl methyl sites for hydroxylation is 1. The van der Waals surface area contributed by atoms with Gasteiger partial charge < -0.3 is 9.47 Å². The molecule has 3 rings (SSSR count). The quantitative estimate of drug-likeness (QED) is 0.831. The minimum absolute atomic E-state index is 0.0364. The zero-order valence-electron chi connectivity index (χ0n) is 16.0. The predicted octanol–water partition coefficient (Wildman–Crippen LogP) is 4.27. The fourth-order valence-electron chi connectivity index (χ4n) is 3.64. The van der Waals surface area contributed by atoms with Crippen molar-refractivity contribution in [3.63, 3.8) is 0 Å². The molecule has 0 fully saturated rings. The Balaban J connectivity index is 1.89. The zero-order valence-corrected chi connectivity index (χ0v) is 16.0. The Kier molecular flexibility index (Phi) is 4.97. The van der Waals surface area contributed by atoms with Crippen LogP contribution >= 0.6 is 0 Å². The van der Waals surface area contributed by atoms with Crippen LogP contribution < -0.4 is 5.32 Å². The smallest absolute Gasteiger partial charge is 0.324 e. The largest absolute Gasteiger partial charge is 0.328 e. The summed E-state index contributed by atoms with van der Waals surface area (Å²) in [5.74, 6) is 3.20. The van der Waals surface area contributed by atoms with Crippen LogP contribution in [0.3, 0.4) is 0 Å². The van der Waals surface area contributed by atoms with Crippen molar-refractivity contribution in [2.75, 3.05) is 11.9 Å². The van der Waals surface area contributed by atoms with E-state index in [1.165, 1.54) is 5.56 Å². The molecule has 0 aliphatic heterocycles. The second-order valence-electron chi connectivity index (χ2n) is 7.78. The molecule has 0 saturated carbocycles. The normalized spacial score (nSPS) is 15.5. The van der Waals surface area contributed by atoms with Crippen LogP contribution in [0.4, 0.5) is 10.6 Å². The van der Waals surface area contributed by atoms with Gasteiger partial charge in [0, 0.05) is 11.7 Å². The monoisotopic (exact) mass is 360 g/mol. The first-order valence-electron chi connectivity index (χ1n) is 9.07. The highest BCUT2D eigenvalue weighted by atomic mass is 16.2. The van der Waals surface area contributed by atoms with Gasteiger partial charge in [-0.2, -0.15) is 5.26 Å². The molecular formula is C22H24N4O. The molecule has 27 heavy (non-hydrogen) atoms. The standard InChI is InChI=1S/C22H24N4O/c1-5-12-25(19-11-10-17-8-6-7-9-18(17)19)21(27)24-20-13-16(14-23)15-26(20)22(2,3)4/h1,6-9,13,15,19H,10-12H2,2-4H3,(H,24,27).